The maximum Gasteiger partial charge on any atom is 0.408 e. The van der Waals surface area contributed by atoms with Gasteiger partial charge in [0, 0.05) is 6.61 Å². The molecule has 21 heavy (non-hydrogen) atoms. The largest absolute Gasteiger partial charge is 0.444 e. The molecule has 0 bridgehead atoms. The monoisotopic (exact) mass is 291 g/mol. The molecule has 0 aliphatic carbocycles. The van der Waals surface area contributed by atoms with Crippen molar-refractivity contribution in [1.82, 2.24) is 5.32 Å². The normalized spacial score (nSPS) is 13.1. The fraction of sp³-hybridized carbons (Fsp3) is 0.471. The van der Waals surface area contributed by atoms with Crippen LogP contribution in [0.15, 0.2) is 42.5 Å². The van der Waals surface area contributed by atoms with E-state index in [1.807, 2.05) is 63.3 Å². The minimum Gasteiger partial charge on any atom is -0.444 e. The third-order valence-corrected chi connectivity index (χ3v) is 2.66. The van der Waals surface area contributed by atoms with Crippen LogP contribution in [0.2, 0.25) is 0 Å². The van der Waals surface area contributed by atoms with Crippen molar-refractivity contribution < 1.29 is 14.6 Å². The Bertz CT molecular complexity index is 449. The number of alkyl carbamates (subject to hydrolysis) is 1. The fourth-order valence-corrected chi connectivity index (χ4v) is 1.83. The number of nitrogens with one attached hydrogen (secondary N) is 1. The van der Waals surface area contributed by atoms with Gasteiger partial charge in [-0.15, -0.1) is 0 Å². The Kier molecular flexibility index (Phi) is 6.96. The zero-order valence-corrected chi connectivity index (χ0v) is 13.0. The van der Waals surface area contributed by atoms with Crippen LogP contribution in [0.5, 0.6) is 0 Å². The number of aliphatic hydroxyl groups excluding tert-OH is 1. The highest BCUT2D eigenvalue weighted by atomic mass is 16.6. The average molecular weight is 291 g/mol. The van der Waals surface area contributed by atoms with Gasteiger partial charge in [-0.1, -0.05) is 42.5 Å². The maximum absolute atomic E-state index is 11.9. The Hall–Kier alpha value is -1.81. The van der Waals surface area contributed by atoms with Crippen molar-refractivity contribution in [2.75, 3.05) is 6.61 Å². The standard InChI is InChI=1S/C17H25NO3/c1-17(2,3)21-16(20)18-15(11-7-8-12-19)13-14-9-5-4-6-10-14/h4-7,9-11,15,19H,8,12-13H2,1-3H3,(H,18,20)/b11-7-. The van der Waals surface area contributed by atoms with Crippen molar-refractivity contribution in [3.05, 3.63) is 48.0 Å². The van der Waals surface area contributed by atoms with Crippen molar-refractivity contribution in [2.45, 2.75) is 45.3 Å². The Morgan fingerprint density at radius 2 is 2.00 bits per heavy atom. The van der Waals surface area contributed by atoms with Gasteiger partial charge in [-0.2, -0.15) is 0 Å². The van der Waals surface area contributed by atoms with Gasteiger partial charge in [-0.3, -0.25) is 0 Å². The number of benzene rings is 1. The quantitative estimate of drug-likeness (QED) is 0.792. The summed E-state index contributed by atoms with van der Waals surface area (Å²) < 4.78 is 5.28. The summed E-state index contributed by atoms with van der Waals surface area (Å²) in [5.41, 5.74) is 0.614. The second-order valence-electron chi connectivity index (χ2n) is 5.88. The van der Waals surface area contributed by atoms with Crippen LogP contribution in [0.3, 0.4) is 0 Å². The summed E-state index contributed by atoms with van der Waals surface area (Å²) >= 11 is 0. The molecule has 0 saturated carbocycles. The van der Waals surface area contributed by atoms with E-state index < -0.39 is 11.7 Å². The number of hydrogen-bond donors (Lipinski definition) is 2. The smallest absolute Gasteiger partial charge is 0.408 e. The second-order valence-corrected chi connectivity index (χ2v) is 5.88. The van der Waals surface area contributed by atoms with Gasteiger partial charge in [-0.05, 0) is 39.2 Å². The highest BCUT2D eigenvalue weighted by molar-refractivity contribution is 5.68. The lowest BCUT2D eigenvalue weighted by Crippen LogP contribution is -2.39. The molecule has 0 spiro atoms. The van der Waals surface area contributed by atoms with Gasteiger partial charge < -0.3 is 15.2 Å². The highest BCUT2D eigenvalue weighted by Crippen LogP contribution is 2.09. The summed E-state index contributed by atoms with van der Waals surface area (Å²) in [5.74, 6) is 0. The molecule has 4 heteroatoms. The lowest BCUT2D eigenvalue weighted by Gasteiger charge is -2.22. The minimum atomic E-state index is -0.518. The fourth-order valence-electron chi connectivity index (χ4n) is 1.83. The van der Waals surface area contributed by atoms with E-state index in [2.05, 4.69) is 5.32 Å². The third-order valence-electron chi connectivity index (χ3n) is 2.66. The second kappa shape index (κ2) is 8.47. The molecule has 1 amide bonds. The highest BCUT2D eigenvalue weighted by Gasteiger charge is 2.18. The number of aliphatic hydroxyl groups is 1. The first-order valence-electron chi connectivity index (χ1n) is 7.21. The van der Waals surface area contributed by atoms with Gasteiger partial charge >= 0.3 is 6.09 Å². The molecule has 116 valence electrons. The summed E-state index contributed by atoms with van der Waals surface area (Å²) in [4.78, 5) is 11.9. The molecule has 0 aliphatic heterocycles. The third kappa shape index (κ3) is 8.15. The number of rotatable bonds is 6. The first kappa shape index (κ1) is 17.2. The zero-order chi connectivity index (χ0) is 15.7. The molecule has 1 rings (SSSR count). The molecule has 0 radical (unpaired) electrons. The number of amides is 1. The van der Waals surface area contributed by atoms with Gasteiger partial charge in [0.1, 0.15) is 5.60 Å². The molecule has 1 aromatic rings. The summed E-state index contributed by atoms with van der Waals surface area (Å²) in [6, 6.07) is 9.78. The first-order chi connectivity index (χ1) is 9.90. The molecule has 0 heterocycles. The molecule has 1 aromatic carbocycles. The van der Waals surface area contributed by atoms with E-state index in [4.69, 9.17) is 9.84 Å². The molecular weight excluding hydrogens is 266 g/mol. The molecule has 1 atom stereocenters. The predicted molar refractivity (Wildman–Crippen MR) is 84.1 cm³/mol. The maximum atomic E-state index is 11.9. The van der Waals surface area contributed by atoms with Gasteiger partial charge in [-0.25, -0.2) is 4.79 Å². The SMILES string of the molecule is CC(C)(C)OC(=O)NC(/C=C\CCO)Cc1ccccc1. The van der Waals surface area contributed by atoms with Crippen molar-refractivity contribution in [3.8, 4) is 0 Å². The van der Waals surface area contributed by atoms with Crippen LogP contribution in [-0.2, 0) is 11.2 Å². The van der Waals surface area contributed by atoms with Crippen LogP contribution in [0.1, 0.15) is 32.8 Å². The van der Waals surface area contributed by atoms with Crippen LogP contribution in [0.25, 0.3) is 0 Å². The van der Waals surface area contributed by atoms with E-state index in [1.54, 1.807) is 0 Å². The Balaban J connectivity index is 2.66. The number of hydrogen-bond acceptors (Lipinski definition) is 3. The molecule has 1 unspecified atom stereocenters. The van der Waals surface area contributed by atoms with E-state index in [9.17, 15) is 4.79 Å². The van der Waals surface area contributed by atoms with Crippen LogP contribution < -0.4 is 5.32 Å². The Morgan fingerprint density at radius 3 is 2.57 bits per heavy atom. The number of carbonyl (C=O) groups excluding carboxylic acids is 1. The van der Waals surface area contributed by atoms with E-state index in [0.29, 0.717) is 12.8 Å². The van der Waals surface area contributed by atoms with Crippen LogP contribution >= 0.6 is 0 Å². The van der Waals surface area contributed by atoms with Crippen molar-refractivity contribution in [3.63, 3.8) is 0 Å². The topological polar surface area (TPSA) is 58.6 Å². The molecule has 2 N–H and O–H groups in total. The summed E-state index contributed by atoms with van der Waals surface area (Å²) in [6.07, 6.45) is 4.58. The average Bonchev–Trinajstić information content (AvgIpc) is 2.37. The molecule has 4 nitrogen and oxygen atoms in total. The van der Waals surface area contributed by atoms with Crippen LogP contribution in [-0.4, -0.2) is 29.4 Å². The van der Waals surface area contributed by atoms with Crippen LogP contribution in [0.4, 0.5) is 4.79 Å². The van der Waals surface area contributed by atoms with Gasteiger partial charge in [0.2, 0.25) is 0 Å². The van der Waals surface area contributed by atoms with Crippen molar-refractivity contribution >= 4 is 6.09 Å². The Morgan fingerprint density at radius 1 is 1.33 bits per heavy atom. The van der Waals surface area contributed by atoms with E-state index in [1.165, 1.54) is 0 Å². The van der Waals surface area contributed by atoms with Crippen molar-refractivity contribution in [2.24, 2.45) is 0 Å². The molecule has 0 fully saturated rings. The van der Waals surface area contributed by atoms with Crippen LogP contribution in [0, 0.1) is 0 Å². The van der Waals surface area contributed by atoms with Gasteiger partial charge in [0.15, 0.2) is 0 Å². The Labute approximate surface area is 126 Å². The molecular formula is C17H25NO3. The lowest BCUT2D eigenvalue weighted by atomic mass is 10.1. The van der Waals surface area contributed by atoms with E-state index in [0.717, 1.165) is 5.56 Å². The molecule has 0 aliphatic rings. The predicted octanol–water partition coefficient (Wildman–Crippen LogP) is 3.06. The minimum absolute atomic E-state index is 0.0982. The van der Waals surface area contributed by atoms with Gasteiger partial charge in [0.25, 0.3) is 0 Å². The van der Waals surface area contributed by atoms with Gasteiger partial charge in [0.05, 0.1) is 6.04 Å². The first-order valence-corrected chi connectivity index (χ1v) is 7.21. The summed E-state index contributed by atoms with van der Waals surface area (Å²) in [6.45, 7) is 5.60. The lowest BCUT2D eigenvalue weighted by molar-refractivity contribution is 0.0514. The molecule has 0 aromatic heterocycles. The number of carbonyl (C=O) groups is 1. The van der Waals surface area contributed by atoms with E-state index in [-0.39, 0.29) is 12.6 Å². The summed E-state index contributed by atoms with van der Waals surface area (Å²) in [5, 5.41) is 11.7. The molecule has 0 saturated heterocycles. The van der Waals surface area contributed by atoms with E-state index >= 15 is 0 Å². The summed E-state index contributed by atoms with van der Waals surface area (Å²) in [7, 11) is 0. The zero-order valence-electron chi connectivity index (χ0n) is 13.0. The van der Waals surface area contributed by atoms with Crippen molar-refractivity contribution in [1.29, 1.82) is 0 Å². The number of ether oxygens (including phenoxy) is 1.